The number of rotatable bonds is 11. The smallest absolute Gasteiger partial charge is 0.327 e. The Labute approximate surface area is 124 Å². The van der Waals surface area contributed by atoms with Crippen molar-refractivity contribution in [2.45, 2.75) is 39.7 Å². The first-order valence-electron chi connectivity index (χ1n) is 7.44. The summed E-state index contributed by atoms with van der Waals surface area (Å²) in [5, 5.41) is 3.32. The average molecular weight is 288 g/mol. The van der Waals surface area contributed by atoms with Crippen LogP contribution in [0.4, 0.5) is 0 Å². The highest BCUT2D eigenvalue weighted by molar-refractivity contribution is 5.80. The maximum absolute atomic E-state index is 12.1. The van der Waals surface area contributed by atoms with Crippen molar-refractivity contribution in [3.05, 3.63) is 0 Å². The molecule has 0 aromatic carbocycles. The maximum atomic E-state index is 12.1. The number of hydrogen-bond acceptors (Lipinski definition) is 5. The summed E-state index contributed by atoms with van der Waals surface area (Å²) in [6.07, 6.45) is 0.981. The molecule has 0 aromatic rings. The van der Waals surface area contributed by atoms with E-state index in [4.69, 9.17) is 9.47 Å². The lowest BCUT2D eigenvalue weighted by Crippen LogP contribution is -2.58. The van der Waals surface area contributed by atoms with Gasteiger partial charge in [-0.1, -0.05) is 20.8 Å². The van der Waals surface area contributed by atoms with Crippen LogP contribution in [0.1, 0.15) is 34.1 Å². The Hall–Kier alpha value is -0.650. The highest BCUT2D eigenvalue weighted by atomic mass is 16.5. The Balaban J connectivity index is 4.80. The number of hydrogen-bond donors (Lipinski definition) is 1. The van der Waals surface area contributed by atoms with Crippen molar-refractivity contribution in [1.82, 2.24) is 10.2 Å². The molecule has 0 heterocycles. The molecule has 1 N–H and O–H groups in total. The molecule has 5 heteroatoms. The summed E-state index contributed by atoms with van der Waals surface area (Å²) in [4.78, 5) is 14.3. The van der Waals surface area contributed by atoms with Crippen molar-refractivity contribution in [3.8, 4) is 0 Å². The first-order chi connectivity index (χ1) is 9.39. The van der Waals surface area contributed by atoms with Crippen LogP contribution in [0.25, 0.3) is 0 Å². The van der Waals surface area contributed by atoms with E-state index in [1.807, 2.05) is 6.92 Å². The van der Waals surface area contributed by atoms with E-state index in [1.54, 1.807) is 7.11 Å². The van der Waals surface area contributed by atoms with Gasteiger partial charge in [0.25, 0.3) is 0 Å². The maximum Gasteiger partial charge on any atom is 0.327 e. The van der Waals surface area contributed by atoms with Gasteiger partial charge in [-0.3, -0.25) is 9.69 Å². The lowest BCUT2D eigenvalue weighted by atomic mass is 10.0. The van der Waals surface area contributed by atoms with Crippen LogP contribution in [-0.2, 0) is 14.3 Å². The molecule has 0 radical (unpaired) electrons. The zero-order valence-electron chi connectivity index (χ0n) is 14.0. The van der Waals surface area contributed by atoms with Gasteiger partial charge in [-0.05, 0) is 25.8 Å². The Morgan fingerprint density at radius 2 is 2.00 bits per heavy atom. The predicted octanol–water partition coefficient (Wildman–Crippen LogP) is 1.52. The SMILES string of the molecule is CCCNC(C)(CN(CCOC)CC(C)C)C(=O)OC. The molecule has 1 atom stereocenters. The number of ether oxygens (including phenoxy) is 2. The van der Waals surface area contributed by atoms with Crippen LogP contribution < -0.4 is 5.32 Å². The fourth-order valence-electron chi connectivity index (χ4n) is 2.24. The van der Waals surface area contributed by atoms with Crippen molar-refractivity contribution < 1.29 is 14.3 Å². The molecular weight excluding hydrogens is 256 g/mol. The largest absolute Gasteiger partial charge is 0.468 e. The molecule has 20 heavy (non-hydrogen) atoms. The zero-order chi connectivity index (χ0) is 15.6. The van der Waals surface area contributed by atoms with Gasteiger partial charge in [0.05, 0.1) is 13.7 Å². The molecule has 5 nitrogen and oxygen atoms in total. The highest BCUT2D eigenvalue weighted by Crippen LogP contribution is 2.11. The molecule has 0 rings (SSSR count). The van der Waals surface area contributed by atoms with E-state index in [0.717, 1.165) is 26.1 Å². The van der Waals surface area contributed by atoms with Crippen LogP contribution >= 0.6 is 0 Å². The number of nitrogens with zero attached hydrogens (tertiary/aromatic N) is 1. The second-order valence-corrected chi connectivity index (χ2v) is 5.87. The summed E-state index contributed by atoms with van der Waals surface area (Å²) in [7, 11) is 3.14. The standard InChI is InChI=1S/C15H32N2O3/c1-7-8-16-15(4,14(18)20-6)12-17(9-10-19-5)11-13(2)3/h13,16H,7-12H2,1-6H3. The van der Waals surface area contributed by atoms with Crippen LogP contribution in [0.2, 0.25) is 0 Å². The van der Waals surface area contributed by atoms with E-state index in [9.17, 15) is 4.79 Å². The Morgan fingerprint density at radius 3 is 2.45 bits per heavy atom. The van der Waals surface area contributed by atoms with Crippen molar-refractivity contribution in [3.63, 3.8) is 0 Å². The summed E-state index contributed by atoms with van der Waals surface area (Å²) in [5.41, 5.74) is -0.673. The summed E-state index contributed by atoms with van der Waals surface area (Å²) in [6.45, 7) is 12.2. The fraction of sp³-hybridized carbons (Fsp3) is 0.933. The first-order valence-corrected chi connectivity index (χ1v) is 7.44. The molecule has 0 saturated carbocycles. The topological polar surface area (TPSA) is 50.8 Å². The van der Waals surface area contributed by atoms with E-state index >= 15 is 0 Å². The van der Waals surface area contributed by atoms with Crippen molar-refractivity contribution in [2.24, 2.45) is 5.92 Å². The Kier molecular flexibility index (Phi) is 9.80. The van der Waals surface area contributed by atoms with Crippen LogP contribution in [0.5, 0.6) is 0 Å². The minimum atomic E-state index is -0.673. The van der Waals surface area contributed by atoms with Crippen molar-refractivity contribution in [2.75, 3.05) is 47.0 Å². The Morgan fingerprint density at radius 1 is 1.35 bits per heavy atom. The monoisotopic (exact) mass is 288 g/mol. The van der Waals surface area contributed by atoms with E-state index in [0.29, 0.717) is 19.1 Å². The quantitative estimate of drug-likeness (QED) is 0.584. The second kappa shape index (κ2) is 10.1. The predicted molar refractivity (Wildman–Crippen MR) is 81.9 cm³/mol. The molecule has 0 aliphatic rings. The van der Waals surface area contributed by atoms with E-state index in [2.05, 4.69) is 31.0 Å². The number of esters is 1. The van der Waals surface area contributed by atoms with Crippen LogP contribution in [0, 0.1) is 5.92 Å². The van der Waals surface area contributed by atoms with Gasteiger partial charge in [-0.25, -0.2) is 0 Å². The molecule has 0 spiro atoms. The molecule has 0 aliphatic carbocycles. The first kappa shape index (κ1) is 19.4. The van der Waals surface area contributed by atoms with Crippen LogP contribution in [-0.4, -0.2) is 63.4 Å². The third-order valence-electron chi connectivity index (χ3n) is 3.18. The van der Waals surface area contributed by atoms with Gasteiger partial charge in [0.1, 0.15) is 5.54 Å². The number of carbonyl (C=O) groups excluding carboxylic acids is 1. The molecular formula is C15H32N2O3. The lowest BCUT2D eigenvalue weighted by molar-refractivity contribution is -0.149. The molecule has 0 aliphatic heterocycles. The van der Waals surface area contributed by atoms with Crippen LogP contribution in [0.15, 0.2) is 0 Å². The third-order valence-corrected chi connectivity index (χ3v) is 3.18. The minimum Gasteiger partial charge on any atom is -0.468 e. The number of carbonyl (C=O) groups is 1. The molecule has 0 saturated heterocycles. The molecule has 1 unspecified atom stereocenters. The van der Waals surface area contributed by atoms with Gasteiger partial charge in [-0.2, -0.15) is 0 Å². The van der Waals surface area contributed by atoms with Gasteiger partial charge < -0.3 is 14.8 Å². The van der Waals surface area contributed by atoms with Gasteiger partial charge in [0.2, 0.25) is 0 Å². The van der Waals surface area contributed by atoms with E-state index < -0.39 is 5.54 Å². The van der Waals surface area contributed by atoms with E-state index in [-0.39, 0.29) is 5.97 Å². The normalized spacial score (nSPS) is 14.6. The Bertz CT molecular complexity index is 272. The van der Waals surface area contributed by atoms with Crippen molar-refractivity contribution >= 4 is 5.97 Å². The number of methoxy groups -OCH3 is 2. The summed E-state index contributed by atoms with van der Waals surface area (Å²) in [5.74, 6) is 0.331. The third kappa shape index (κ3) is 7.22. The number of nitrogens with one attached hydrogen (secondary N) is 1. The van der Waals surface area contributed by atoms with Gasteiger partial charge in [0.15, 0.2) is 0 Å². The summed E-state index contributed by atoms with van der Waals surface area (Å²) in [6, 6.07) is 0. The fourth-order valence-corrected chi connectivity index (χ4v) is 2.24. The molecule has 0 fully saturated rings. The molecule has 0 aromatic heterocycles. The van der Waals surface area contributed by atoms with Crippen LogP contribution in [0.3, 0.4) is 0 Å². The summed E-state index contributed by atoms with van der Waals surface area (Å²) < 4.78 is 10.1. The van der Waals surface area contributed by atoms with Crippen molar-refractivity contribution in [1.29, 1.82) is 0 Å². The van der Waals surface area contributed by atoms with Gasteiger partial charge >= 0.3 is 5.97 Å². The lowest BCUT2D eigenvalue weighted by Gasteiger charge is -2.35. The van der Waals surface area contributed by atoms with Gasteiger partial charge in [0, 0.05) is 26.7 Å². The zero-order valence-corrected chi connectivity index (χ0v) is 14.0. The van der Waals surface area contributed by atoms with Gasteiger partial charge in [-0.15, -0.1) is 0 Å². The minimum absolute atomic E-state index is 0.211. The summed E-state index contributed by atoms with van der Waals surface area (Å²) >= 11 is 0. The molecule has 0 amide bonds. The highest BCUT2D eigenvalue weighted by Gasteiger charge is 2.35. The average Bonchev–Trinajstić information content (AvgIpc) is 2.40. The molecule has 120 valence electrons. The van der Waals surface area contributed by atoms with E-state index in [1.165, 1.54) is 7.11 Å². The molecule has 0 bridgehead atoms. The second-order valence-electron chi connectivity index (χ2n) is 5.87.